The van der Waals surface area contributed by atoms with E-state index in [0.29, 0.717) is 16.8 Å². The van der Waals surface area contributed by atoms with Crippen LogP contribution in [0.2, 0.25) is 5.02 Å². The third kappa shape index (κ3) is 3.48. The third-order valence-corrected chi connectivity index (χ3v) is 3.85. The van der Waals surface area contributed by atoms with Gasteiger partial charge in [-0.2, -0.15) is 4.98 Å². The quantitative estimate of drug-likeness (QED) is 0.775. The molecule has 3 N–H and O–H groups in total. The summed E-state index contributed by atoms with van der Waals surface area (Å²) >= 11 is 6.14. The molecule has 0 amide bonds. The van der Waals surface area contributed by atoms with Gasteiger partial charge in [-0.05, 0) is 19.8 Å². The highest BCUT2D eigenvalue weighted by Gasteiger charge is 2.32. The first-order valence-electron chi connectivity index (χ1n) is 6.84. The molecule has 0 radical (unpaired) electrons. The fourth-order valence-electron chi connectivity index (χ4n) is 2.50. The number of aromatic nitrogens is 2. The van der Waals surface area contributed by atoms with Gasteiger partial charge in [-0.1, -0.05) is 30.9 Å². The summed E-state index contributed by atoms with van der Waals surface area (Å²) < 4.78 is 0. The van der Waals surface area contributed by atoms with E-state index in [1.807, 2.05) is 6.92 Å². The first-order valence-corrected chi connectivity index (χ1v) is 7.22. The molecule has 0 spiro atoms. The van der Waals surface area contributed by atoms with E-state index in [0.717, 1.165) is 32.2 Å². The van der Waals surface area contributed by atoms with Gasteiger partial charge >= 0.3 is 0 Å². The Labute approximate surface area is 118 Å². The van der Waals surface area contributed by atoms with Crippen LogP contribution in [0.15, 0.2) is 6.20 Å². The van der Waals surface area contributed by atoms with Crippen LogP contribution < -0.4 is 10.6 Å². The largest absolute Gasteiger partial charge is 0.394 e. The average Bonchev–Trinajstić information content (AvgIpc) is 2.44. The lowest BCUT2D eigenvalue weighted by atomic mass is 9.82. The van der Waals surface area contributed by atoms with Crippen molar-refractivity contribution in [1.29, 1.82) is 0 Å². The average molecular weight is 285 g/mol. The van der Waals surface area contributed by atoms with Gasteiger partial charge in [0, 0.05) is 6.54 Å². The molecule has 1 aromatic heterocycles. The summed E-state index contributed by atoms with van der Waals surface area (Å²) in [6, 6.07) is 0. The Balaban J connectivity index is 2.18. The number of aliphatic hydroxyl groups excluding tert-OH is 1. The summed E-state index contributed by atoms with van der Waals surface area (Å²) in [5.41, 5.74) is -0.292. The lowest BCUT2D eigenvalue weighted by Crippen LogP contribution is -2.44. The van der Waals surface area contributed by atoms with E-state index in [4.69, 9.17) is 11.6 Å². The lowest BCUT2D eigenvalue weighted by Gasteiger charge is -2.37. The standard InChI is InChI=1S/C13H21ClN4O/c1-2-15-12-16-8-10(14)11(17-12)18-13(9-19)6-4-3-5-7-13/h8,19H,2-7,9H2,1H3,(H2,15,16,17,18). The minimum atomic E-state index is -0.292. The topological polar surface area (TPSA) is 70.1 Å². The molecule has 106 valence electrons. The zero-order valence-corrected chi connectivity index (χ0v) is 12.0. The maximum absolute atomic E-state index is 9.70. The maximum atomic E-state index is 9.70. The predicted molar refractivity (Wildman–Crippen MR) is 77.7 cm³/mol. The molecule has 5 nitrogen and oxygen atoms in total. The molecule has 1 saturated carbocycles. The fraction of sp³-hybridized carbons (Fsp3) is 0.692. The van der Waals surface area contributed by atoms with Gasteiger partial charge in [0.2, 0.25) is 5.95 Å². The fourth-order valence-corrected chi connectivity index (χ4v) is 2.64. The molecule has 0 unspecified atom stereocenters. The van der Waals surface area contributed by atoms with Crippen LogP contribution in [0, 0.1) is 0 Å². The number of nitrogens with one attached hydrogen (secondary N) is 2. The summed E-state index contributed by atoms with van der Waals surface area (Å²) in [6.45, 7) is 2.84. The summed E-state index contributed by atoms with van der Waals surface area (Å²) in [6.07, 6.45) is 6.94. The molecule has 0 aliphatic heterocycles. The first-order chi connectivity index (χ1) is 9.19. The normalized spacial score (nSPS) is 18.1. The molecule has 1 heterocycles. The van der Waals surface area contributed by atoms with Gasteiger partial charge in [0.25, 0.3) is 0 Å². The molecule has 0 atom stereocenters. The number of hydrogen-bond acceptors (Lipinski definition) is 5. The van der Waals surface area contributed by atoms with E-state index < -0.39 is 0 Å². The van der Waals surface area contributed by atoms with E-state index in [1.54, 1.807) is 6.20 Å². The van der Waals surface area contributed by atoms with Crippen LogP contribution in [-0.2, 0) is 0 Å². The minimum absolute atomic E-state index is 0.101. The van der Waals surface area contributed by atoms with E-state index >= 15 is 0 Å². The summed E-state index contributed by atoms with van der Waals surface area (Å²) in [5.74, 6) is 1.15. The Bertz CT molecular complexity index is 421. The highest BCUT2D eigenvalue weighted by molar-refractivity contribution is 6.32. The van der Waals surface area contributed by atoms with Crippen molar-refractivity contribution in [1.82, 2.24) is 9.97 Å². The van der Waals surface area contributed by atoms with Gasteiger partial charge < -0.3 is 15.7 Å². The molecule has 1 aliphatic rings. The van der Waals surface area contributed by atoms with Crippen molar-refractivity contribution in [3.05, 3.63) is 11.2 Å². The molecule has 19 heavy (non-hydrogen) atoms. The van der Waals surface area contributed by atoms with Crippen molar-refractivity contribution < 1.29 is 5.11 Å². The van der Waals surface area contributed by atoms with Gasteiger partial charge in [-0.15, -0.1) is 0 Å². The Morgan fingerprint density at radius 3 is 2.74 bits per heavy atom. The van der Waals surface area contributed by atoms with Crippen molar-refractivity contribution in [2.45, 2.75) is 44.6 Å². The lowest BCUT2D eigenvalue weighted by molar-refractivity contribution is 0.172. The second-order valence-corrected chi connectivity index (χ2v) is 5.45. The SMILES string of the molecule is CCNc1ncc(Cl)c(NC2(CO)CCCCC2)n1. The molecule has 1 aliphatic carbocycles. The molecule has 2 rings (SSSR count). The minimum Gasteiger partial charge on any atom is -0.394 e. The van der Waals surface area contributed by atoms with Gasteiger partial charge in [0.15, 0.2) is 5.82 Å². The number of rotatable bonds is 5. The Kier molecular flexibility index (Phi) is 4.82. The van der Waals surface area contributed by atoms with Crippen molar-refractivity contribution in [3.63, 3.8) is 0 Å². The van der Waals surface area contributed by atoms with Crippen LogP contribution in [-0.4, -0.2) is 33.8 Å². The number of nitrogens with zero attached hydrogens (tertiary/aromatic N) is 2. The van der Waals surface area contributed by atoms with Crippen molar-refractivity contribution in [2.75, 3.05) is 23.8 Å². The van der Waals surface area contributed by atoms with Crippen molar-refractivity contribution in [3.8, 4) is 0 Å². The second-order valence-electron chi connectivity index (χ2n) is 5.04. The summed E-state index contributed by atoms with van der Waals surface area (Å²) in [7, 11) is 0. The molecule has 0 bridgehead atoms. The van der Waals surface area contributed by atoms with Gasteiger partial charge in [-0.3, -0.25) is 0 Å². The number of hydrogen-bond donors (Lipinski definition) is 3. The molecular weight excluding hydrogens is 264 g/mol. The Morgan fingerprint density at radius 2 is 2.11 bits per heavy atom. The molecule has 0 aromatic carbocycles. The molecule has 6 heteroatoms. The van der Waals surface area contributed by atoms with E-state index in [-0.39, 0.29) is 12.1 Å². The van der Waals surface area contributed by atoms with Crippen LogP contribution in [0.25, 0.3) is 0 Å². The first kappa shape index (κ1) is 14.3. The van der Waals surface area contributed by atoms with Gasteiger partial charge in [0.05, 0.1) is 18.3 Å². The number of halogens is 1. The zero-order valence-electron chi connectivity index (χ0n) is 11.2. The monoisotopic (exact) mass is 284 g/mol. The van der Waals surface area contributed by atoms with Gasteiger partial charge in [-0.25, -0.2) is 4.98 Å². The highest BCUT2D eigenvalue weighted by atomic mass is 35.5. The van der Waals surface area contributed by atoms with Crippen LogP contribution >= 0.6 is 11.6 Å². The number of aliphatic hydroxyl groups is 1. The van der Waals surface area contributed by atoms with Crippen LogP contribution in [0.1, 0.15) is 39.0 Å². The number of anilines is 2. The molecule has 0 saturated heterocycles. The summed E-state index contributed by atoms with van der Waals surface area (Å²) in [4.78, 5) is 8.49. The van der Waals surface area contributed by atoms with E-state index in [1.165, 1.54) is 6.42 Å². The van der Waals surface area contributed by atoms with Crippen LogP contribution in [0.4, 0.5) is 11.8 Å². The van der Waals surface area contributed by atoms with Crippen LogP contribution in [0.5, 0.6) is 0 Å². The predicted octanol–water partition coefficient (Wildman–Crippen LogP) is 2.67. The molecule has 1 fully saturated rings. The molecular formula is C13H21ClN4O. The van der Waals surface area contributed by atoms with Crippen LogP contribution in [0.3, 0.4) is 0 Å². The summed E-state index contributed by atoms with van der Waals surface area (Å²) in [5, 5.41) is 16.6. The van der Waals surface area contributed by atoms with Crippen molar-refractivity contribution >= 4 is 23.4 Å². The second kappa shape index (κ2) is 6.39. The third-order valence-electron chi connectivity index (χ3n) is 3.58. The Morgan fingerprint density at radius 1 is 1.37 bits per heavy atom. The Hall–Kier alpha value is -1.07. The van der Waals surface area contributed by atoms with E-state index in [9.17, 15) is 5.11 Å². The highest BCUT2D eigenvalue weighted by Crippen LogP contribution is 2.33. The maximum Gasteiger partial charge on any atom is 0.224 e. The van der Waals surface area contributed by atoms with E-state index in [2.05, 4.69) is 20.6 Å². The zero-order chi connectivity index (χ0) is 13.7. The smallest absolute Gasteiger partial charge is 0.224 e. The van der Waals surface area contributed by atoms with Crippen molar-refractivity contribution in [2.24, 2.45) is 0 Å². The molecule has 1 aromatic rings. The van der Waals surface area contributed by atoms with Gasteiger partial charge in [0.1, 0.15) is 5.02 Å².